The van der Waals surface area contributed by atoms with Crippen molar-refractivity contribution in [2.45, 2.75) is 5.66 Å². The van der Waals surface area contributed by atoms with Gasteiger partial charge in [0.15, 0.2) is 5.66 Å². The number of anilines is 1. The van der Waals surface area contributed by atoms with Crippen molar-refractivity contribution in [1.82, 2.24) is 4.98 Å². The van der Waals surface area contributed by atoms with Crippen LogP contribution >= 0.6 is 11.8 Å². The molecule has 2 aromatic rings. The van der Waals surface area contributed by atoms with Crippen LogP contribution < -0.4 is 5.32 Å². The molecule has 2 heterocycles. The van der Waals surface area contributed by atoms with Crippen LogP contribution in [0.1, 0.15) is 15.9 Å². The van der Waals surface area contributed by atoms with Gasteiger partial charge in [-0.15, -0.1) is 11.8 Å². The van der Waals surface area contributed by atoms with E-state index in [0.717, 1.165) is 17.0 Å². The summed E-state index contributed by atoms with van der Waals surface area (Å²) in [5, 5.41) is 12.4. The van der Waals surface area contributed by atoms with Crippen molar-refractivity contribution in [2.75, 3.05) is 11.1 Å². The third kappa shape index (κ3) is 2.75. The Bertz CT molecular complexity index is 690. The maximum Gasteiger partial charge on any atom is 0.335 e. The fraction of sp³-hybridized carbons (Fsp3) is 0.133. The number of pyridine rings is 1. The van der Waals surface area contributed by atoms with Crippen LogP contribution in [0, 0.1) is 0 Å². The SMILES string of the molecule is O=C(O)c1cccc(NC2(c3ccncc3)CSC=N2)c1. The summed E-state index contributed by atoms with van der Waals surface area (Å²) in [5.41, 5.74) is 3.21. The van der Waals surface area contributed by atoms with Crippen LogP contribution in [0.2, 0.25) is 0 Å². The van der Waals surface area contributed by atoms with Crippen LogP contribution in [0.15, 0.2) is 53.8 Å². The molecule has 0 radical (unpaired) electrons. The van der Waals surface area contributed by atoms with Gasteiger partial charge in [0.05, 0.1) is 11.1 Å². The first-order valence-corrected chi connectivity index (χ1v) is 7.42. The summed E-state index contributed by atoms with van der Waals surface area (Å²) < 4.78 is 0. The number of aromatic carboxylic acids is 1. The zero-order valence-corrected chi connectivity index (χ0v) is 11.9. The van der Waals surface area contributed by atoms with Crippen LogP contribution in [-0.4, -0.2) is 27.4 Å². The smallest absolute Gasteiger partial charge is 0.335 e. The van der Waals surface area contributed by atoms with Crippen molar-refractivity contribution in [1.29, 1.82) is 0 Å². The Morgan fingerprint density at radius 1 is 1.29 bits per heavy atom. The van der Waals surface area contributed by atoms with Gasteiger partial charge in [0.1, 0.15) is 0 Å². The van der Waals surface area contributed by atoms with Crippen LogP contribution in [0.4, 0.5) is 5.69 Å². The second kappa shape index (κ2) is 5.57. The molecule has 21 heavy (non-hydrogen) atoms. The summed E-state index contributed by atoms with van der Waals surface area (Å²) in [5.74, 6) is -0.199. The van der Waals surface area contributed by atoms with Crippen molar-refractivity contribution in [3.8, 4) is 0 Å². The van der Waals surface area contributed by atoms with Crippen molar-refractivity contribution in [3.63, 3.8) is 0 Å². The Labute approximate surface area is 126 Å². The van der Waals surface area contributed by atoms with E-state index >= 15 is 0 Å². The van der Waals surface area contributed by atoms with Gasteiger partial charge in [0.25, 0.3) is 0 Å². The van der Waals surface area contributed by atoms with Crippen molar-refractivity contribution in [2.24, 2.45) is 4.99 Å². The lowest BCUT2D eigenvalue weighted by Crippen LogP contribution is -2.34. The maximum absolute atomic E-state index is 11.1. The Balaban J connectivity index is 1.95. The Hall–Kier alpha value is -2.34. The summed E-state index contributed by atoms with van der Waals surface area (Å²) in [4.78, 5) is 19.7. The quantitative estimate of drug-likeness (QED) is 0.908. The fourth-order valence-electron chi connectivity index (χ4n) is 2.22. The highest BCUT2D eigenvalue weighted by molar-refractivity contribution is 8.12. The lowest BCUT2D eigenvalue weighted by Gasteiger charge is -2.28. The van der Waals surface area contributed by atoms with E-state index in [1.807, 2.05) is 23.7 Å². The summed E-state index contributed by atoms with van der Waals surface area (Å²) in [6, 6.07) is 10.6. The summed E-state index contributed by atoms with van der Waals surface area (Å²) >= 11 is 1.61. The van der Waals surface area contributed by atoms with Gasteiger partial charge in [0, 0.05) is 29.4 Å². The Kier molecular flexibility index (Phi) is 3.62. The number of aromatic nitrogens is 1. The minimum atomic E-state index is -0.944. The maximum atomic E-state index is 11.1. The topological polar surface area (TPSA) is 74.6 Å². The molecule has 1 aliphatic rings. The summed E-state index contributed by atoms with van der Waals surface area (Å²) in [6.07, 6.45) is 3.45. The molecule has 0 spiro atoms. The van der Waals surface area contributed by atoms with E-state index in [1.165, 1.54) is 0 Å². The van der Waals surface area contributed by atoms with E-state index in [-0.39, 0.29) is 5.56 Å². The highest BCUT2D eigenvalue weighted by atomic mass is 32.2. The molecule has 1 aliphatic heterocycles. The third-order valence-electron chi connectivity index (χ3n) is 3.26. The lowest BCUT2D eigenvalue weighted by molar-refractivity contribution is 0.0697. The molecule has 0 fully saturated rings. The molecule has 3 rings (SSSR count). The number of hydrogen-bond donors (Lipinski definition) is 2. The summed E-state index contributed by atoms with van der Waals surface area (Å²) in [6.45, 7) is 0. The second-order valence-electron chi connectivity index (χ2n) is 4.65. The molecule has 1 unspecified atom stereocenters. The number of hydrogen-bond acceptors (Lipinski definition) is 5. The molecule has 5 nitrogen and oxygen atoms in total. The Morgan fingerprint density at radius 2 is 2.10 bits per heavy atom. The lowest BCUT2D eigenvalue weighted by atomic mass is 10.0. The molecule has 0 saturated heterocycles. The predicted octanol–water partition coefficient (Wildman–Crippen LogP) is 2.82. The monoisotopic (exact) mass is 299 g/mol. The number of carboxylic acid groups (broad SMARTS) is 1. The molecule has 0 amide bonds. The number of nitrogens with zero attached hydrogens (tertiary/aromatic N) is 2. The van der Waals surface area contributed by atoms with Gasteiger partial charge in [-0.25, -0.2) is 4.79 Å². The average molecular weight is 299 g/mol. The van der Waals surface area contributed by atoms with Gasteiger partial charge in [-0.3, -0.25) is 9.98 Å². The molecule has 106 valence electrons. The molecule has 1 aromatic carbocycles. The van der Waals surface area contributed by atoms with Crippen LogP contribution in [0.25, 0.3) is 0 Å². The molecule has 6 heteroatoms. The van der Waals surface area contributed by atoms with Crippen molar-refractivity contribution in [3.05, 3.63) is 59.9 Å². The first-order chi connectivity index (χ1) is 10.2. The number of thioether (sulfide) groups is 1. The normalized spacial score (nSPS) is 20.4. The minimum absolute atomic E-state index is 0.250. The molecule has 1 atom stereocenters. The molecular formula is C15H13N3O2S. The van der Waals surface area contributed by atoms with Gasteiger partial charge in [-0.2, -0.15) is 0 Å². The van der Waals surface area contributed by atoms with Gasteiger partial charge in [-0.05, 0) is 30.3 Å². The zero-order chi connectivity index (χ0) is 14.7. The number of benzene rings is 1. The number of rotatable bonds is 4. The van der Waals surface area contributed by atoms with Gasteiger partial charge < -0.3 is 10.4 Å². The molecule has 0 aliphatic carbocycles. The molecule has 0 bridgehead atoms. The van der Waals surface area contributed by atoms with E-state index in [2.05, 4.69) is 15.3 Å². The number of carboxylic acids is 1. The van der Waals surface area contributed by atoms with Gasteiger partial charge >= 0.3 is 5.97 Å². The number of carbonyl (C=O) groups is 1. The second-order valence-corrected chi connectivity index (χ2v) is 5.49. The van der Waals surface area contributed by atoms with Gasteiger partial charge in [-0.1, -0.05) is 6.07 Å². The van der Waals surface area contributed by atoms with Crippen molar-refractivity contribution >= 4 is 29.0 Å². The van der Waals surface area contributed by atoms with Crippen LogP contribution in [0.5, 0.6) is 0 Å². The van der Waals surface area contributed by atoms with E-state index in [0.29, 0.717) is 0 Å². The van der Waals surface area contributed by atoms with Crippen molar-refractivity contribution < 1.29 is 9.90 Å². The highest BCUT2D eigenvalue weighted by Gasteiger charge is 2.34. The largest absolute Gasteiger partial charge is 0.478 e. The standard InChI is InChI=1S/C15H13N3O2S/c19-14(20)11-2-1-3-13(8-11)18-15(9-21-10-17-15)12-4-6-16-7-5-12/h1-8,10,18H,9H2,(H,19,20). The number of aliphatic imine (C=N–C) groups is 1. The Morgan fingerprint density at radius 3 is 2.76 bits per heavy atom. The molecule has 2 N–H and O–H groups in total. The first-order valence-electron chi connectivity index (χ1n) is 6.37. The minimum Gasteiger partial charge on any atom is -0.478 e. The van der Waals surface area contributed by atoms with E-state index in [9.17, 15) is 4.79 Å². The first kappa shape index (κ1) is 13.6. The van der Waals surface area contributed by atoms with E-state index < -0.39 is 11.6 Å². The molecular weight excluding hydrogens is 286 g/mol. The molecule has 0 saturated carbocycles. The fourth-order valence-corrected chi connectivity index (χ4v) is 3.10. The number of nitrogens with one attached hydrogen (secondary N) is 1. The van der Waals surface area contributed by atoms with Gasteiger partial charge in [0.2, 0.25) is 0 Å². The molecule has 1 aromatic heterocycles. The van der Waals surface area contributed by atoms with Crippen LogP contribution in [0.3, 0.4) is 0 Å². The van der Waals surface area contributed by atoms with E-state index in [1.54, 1.807) is 42.4 Å². The highest BCUT2D eigenvalue weighted by Crippen LogP contribution is 2.35. The zero-order valence-electron chi connectivity index (χ0n) is 11.1. The average Bonchev–Trinajstić information content (AvgIpc) is 2.98. The third-order valence-corrected chi connectivity index (χ3v) is 4.10. The van der Waals surface area contributed by atoms with E-state index in [4.69, 9.17) is 5.11 Å². The van der Waals surface area contributed by atoms with Crippen LogP contribution in [-0.2, 0) is 5.66 Å². The summed E-state index contributed by atoms with van der Waals surface area (Å²) in [7, 11) is 0. The predicted molar refractivity (Wildman–Crippen MR) is 83.9 cm³/mol.